The Morgan fingerprint density at radius 2 is 2.00 bits per heavy atom. The molecule has 0 atom stereocenters. The molecule has 1 heterocycles. The van der Waals surface area contributed by atoms with Crippen LogP contribution in [0.5, 0.6) is 0 Å². The second-order valence-corrected chi connectivity index (χ2v) is 5.57. The summed E-state index contributed by atoms with van der Waals surface area (Å²) in [4.78, 5) is 29.9. The lowest BCUT2D eigenvalue weighted by Gasteiger charge is -2.11. The first-order valence-corrected chi connectivity index (χ1v) is 7.33. The van der Waals surface area contributed by atoms with Crippen LogP contribution in [0.3, 0.4) is 0 Å². The molecule has 2 aromatic rings. The normalized spacial score (nSPS) is 11.8. The van der Waals surface area contributed by atoms with E-state index in [4.69, 9.17) is 11.6 Å². The van der Waals surface area contributed by atoms with E-state index in [0.717, 1.165) is 0 Å². The fraction of sp³-hybridized carbons (Fsp3) is 0.312. The number of carbonyl (C=O) groups is 1. The van der Waals surface area contributed by atoms with Gasteiger partial charge in [-0.1, -0.05) is 11.6 Å². The molecule has 0 radical (unpaired) electrons. The van der Waals surface area contributed by atoms with Gasteiger partial charge in [0.15, 0.2) is 0 Å². The Labute approximate surface area is 133 Å². The van der Waals surface area contributed by atoms with Crippen LogP contribution in [0.4, 0.5) is 0 Å². The molecule has 0 N–H and O–H groups in total. The van der Waals surface area contributed by atoms with Crippen LogP contribution in [-0.2, 0) is 6.54 Å². The van der Waals surface area contributed by atoms with E-state index in [2.05, 4.69) is 4.99 Å². The molecule has 0 aliphatic heterocycles. The highest BCUT2D eigenvalue weighted by molar-refractivity contribution is 6.35. The van der Waals surface area contributed by atoms with Gasteiger partial charge in [-0.2, -0.15) is 4.99 Å². The predicted molar refractivity (Wildman–Crippen MR) is 90.0 cm³/mol. The molecule has 0 aliphatic carbocycles. The van der Waals surface area contributed by atoms with Crippen LogP contribution < -0.4 is 5.56 Å². The van der Waals surface area contributed by atoms with Crippen LogP contribution in [0.1, 0.15) is 24.2 Å². The Morgan fingerprint density at radius 3 is 2.59 bits per heavy atom. The van der Waals surface area contributed by atoms with Crippen LogP contribution in [0.2, 0.25) is 5.02 Å². The Hall–Kier alpha value is -2.14. The molecular weight excluding hydrogens is 302 g/mol. The predicted octanol–water partition coefficient (Wildman–Crippen LogP) is 2.80. The summed E-state index contributed by atoms with van der Waals surface area (Å²) in [6, 6.07) is 6.45. The molecule has 0 fully saturated rings. The van der Waals surface area contributed by atoms with Crippen molar-refractivity contribution in [2.75, 3.05) is 14.1 Å². The number of fused-ring (bicyclic) bond motifs is 1. The number of halogens is 1. The molecule has 0 saturated carbocycles. The number of hydrogen-bond acceptors (Lipinski definition) is 2. The molecule has 0 saturated heterocycles. The lowest BCUT2D eigenvalue weighted by molar-refractivity contribution is 0.100. The minimum Gasteiger partial charge on any atom is -0.366 e. The van der Waals surface area contributed by atoms with Crippen molar-refractivity contribution in [3.8, 4) is 0 Å². The molecule has 1 aromatic heterocycles. The van der Waals surface area contributed by atoms with Crippen LogP contribution in [0.25, 0.3) is 10.9 Å². The van der Waals surface area contributed by atoms with Gasteiger partial charge < -0.3 is 9.47 Å². The Bertz CT molecular complexity index is 822. The number of amides is 1. The first-order chi connectivity index (χ1) is 10.3. The summed E-state index contributed by atoms with van der Waals surface area (Å²) in [6.07, 6.45) is 0. The van der Waals surface area contributed by atoms with Gasteiger partial charge in [0, 0.05) is 37.7 Å². The van der Waals surface area contributed by atoms with Crippen LogP contribution in [-0.4, -0.2) is 35.3 Å². The van der Waals surface area contributed by atoms with E-state index in [1.165, 1.54) is 6.07 Å². The van der Waals surface area contributed by atoms with E-state index in [0.29, 0.717) is 33.9 Å². The Balaban J connectivity index is 2.59. The van der Waals surface area contributed by atoms with Crippen molar-refractivity contribution in [3.63, 3.8) is 0 Å². The van der Waals surface area contributed by atoms with Gasteiger partial charge in [-0.05, 0) is 32.0 Å². The minimum absolute atomic E-state index is 0.152. The summed E-state index contributed by atoms with van der Waals surface area (Å²) in [7, 11) is 3.65. The molecule has 116 valence electrons. The maximum atomic E-state index is 12.2. The monoisotopic (exact) mass is 319 g/mol. The zero-order valence-corrected chi connectivity index (χ0v) is 13.8. The number of aryl methyl sites for hydroxylation is 1. The first-order valence-electron chi connectivity index (χ1n) is 6.95. The number of carbonyl (C=O) groups excluding carboxylic acids is 1. The molecule has 22 heavy (non-hydrogen) atoms. The Morgan fingerprint density at radius 1 is 1.32 bits per heavy atom. The lowest BCUT2D eigenvalue weighted by Crippen LogP contribution is -2.20. The van der Waals surface area contributed by atoms with Gasteiger partial charge in [-0.3, -0.25) is 9.59 Å². The quantitative estimate of drug-likeness (QED) is 0.632. The third-order valence-corrected chi connectivity index (χ3v) is 3.85. The average Bonchev–Trinajstić information content (AvgIpc) is 2.47. The molecule has 6 heteroatoms. The highest BCUT2D eigenvalue weighted by Gasteiger charge is 2.11. The maximum absolute atomic E-state index is 12.2. The fourth-order valence-electron chi connectivity index (χ4n) is 2.12. The maximum Gasteiger partial charge on any atom is 0.278 e. The van der Waals surface area contributed by atoms with Crippen molar-refractivity contribution in [1.29, 1.82) is 0 Å². The van der Waals surface area contributed by atoms with E-state index in [1.807, 2.05) is 21.0 Å². The van der Waals surface area contributed by atoms with Gasteiger partial charge in [0.2, 0.25) is 0 Å². The lowest BCUT2D eigenvalue weighted by atomic mass is 10.1. The summed E-state index contributed by atoms with van der Waals surface area (Å²) in [6.45, 7) is 4.19. The molecular formula is C16H18ClN3O2. The average molecular weight is 320 g/mol. The van der Waals surface area contributed by atoms with E-state index >= 15 is 0 Å². The number of aromatic nitrogens is 1. The number of nitrogens with zero attached hydrogens (tertiary/aromatic N) is 3. The summed E-state index contributed by atoms with van der Waals surface area (Å²) in [5, 5.41) is 1.01. The van der Waals surface area contributed by atoms with E-state index in [1.54, 1.807) is 34.6 Å². The standard InChI is InChI=1S/C16H18ClN3O2/c1-5-20-14-7-6-11(16(22)18-10(2)19(3)4)8-12(14)13(17)9-15(20)21/h6-9H,5H2,1-4H3. The van der Waals surface area contributed by atoms with Gasteiger partial charge in [0.05, 0.1) is 10.5 Å². The number of hydrogen-bond donors (Lipinski definition) is 0. The molecule has 5 nitrogen and oxygen atoms in total. The number of rotatable bonds is 2. The van der Waals surface area contributed by atoms with Crippen LogP contribution >= 0.6 is 11.6 Å². The van der Waals surface area contributed by atoms with E-state index in [9.17, 15) is 9.59 Å². The largest absolute Gasteiger partial charge is 0.366 e. The second kappa shape index (κ2) is 6.32. The number of pyridine rings is 1. The highest BCUT2D eigenvalue weighted by atomic mass is 35.5. The van der Waals surface area contributed by atoms with Crippen molar-refractivity contribution in [2.24, 2.45) is 4.99 Å². The zero-order valence-electron chi connectivity index (χ0n) is 13.1. The number of benzene rings is 1. The molecule has 1 amide bonds. The van der Waals surface area contributed by atoms with E-state index in [-0.39, 0.29) is 11.5 Å². The Kier molecular flexibility index (Phi) is 4.66. The number of aliphatic imine (C=N–C) groups is 1. The fourth-order valence-corrected chi connectivity index (χ4v) is 2.36. The van der Waals surface area contributed by atoms with Gasteiger partial charge >= 0.3 is 0 Å². The van der Waals surface area contributed by atoms with Crippen molar-refractivity contribution in [3.05, 3.63) is 45.2 Å². The smallest absolute Gasteiger partial charge is 0.278 e. The molecule has 2 rings (SSSR count). The topological polar surface area (TPSA) is 54.7 Å². The zero-order chi connectivity index (χ0) is 16.4. The third kappa shape index (κ3) is 3.04. The second-order valence-electron chi connectivity index (χ2n) is 5.17. The number of amidine groups is 1. The van der Waals surface area contributed by atoms with Crippen molar-refractivity contribution < 1.29 is 4.79 Å². The van der Waals surface area contributed by atoms with Crippen LogP contribution in [0, 0.1) is 0 Å². The van der Waals surface area contributed by atoms with Crippen LogP contribution in [0.15, 0.2) is 34.1 Å². The molecule has 0 spiro atoms. The van der Waals surface area contributed by atoms with Gasteiger partial charge in [0.1, 0.15) is 5.84 Å². The molecule has 0 bridgehead atoms. The van der Waals surface area contributed by atoms with Gasteiger partial charge in [-0.15, -0.1) is 0 Å². The SMILES string of the molecule is CCn1c(=O)cc(Cl)c2cc(C(=O)N=C(C)N(C)C)ccc21. The van der Waals surface area contributed by atoms with Crippen molar-refractivity contribution in [2.45, 2.75) is 20.4 Å². The van der Waals surface area contributed by atoms with Gasteiger partial charge in [-0.25, -0.2) is 0 Å². The highest BCUT2D eigenvalue weighted by Crippen LogP contribution is 2.23. The van der Waals surface area contributed by atoms with E-state index < -0.39 is 0 Å². The third-order valence-electron chi connectivity index (χ3n) is 3.53. The molecule has 0 unspecified atom stereocenters. The minimum atomic E-state index is -0.335. The van der Waals surface area contributed by atoms with Gasteiger partial charge in [0.25, 0.3) is 11.5 Å². The van der Waals surface area contributed by atoms with Crippen molar-refractivity contribution in [1.82, 2.24) is 9.47 Å². The summed E-state index contributed by atoms with van der Waals surface area (Å²) in [5.41, 5.74) is 1.00. The summed E-state index contributed by atoms with van der Waals surface area (Å²) >= 11 is 6.16. The van der Waals surface area contributed by atoms with Crippen molar-refractivity contribution >= 4 is 34.2 Å². The molecule has 0 aliphatic rings. The summed E-state index contributed by atoms with van der Waals surface area (Å²) in [5.74, 6) is 0.285. The first kappa shape index (κ1) is 16.2. The molecule has 1 aromatic carbocycles. The summed E-state index contributed by atoms with van der Waals surface area (Å²) < 4.78 is 1.61.